The Balaban J connectivity index is 1.86. The maximum Gasteiger partial charge on any atom is 0.231 e. The van der Waals surface area contributed by atoms with Gasteiger partial charge in [0.25, 0.3) is 0 Å². The molecule has 0 spiro atoms. The van der Waals surface area contributed by atoms with Crippen LogP contribution in [0, 0.1) is 6.92 Å². The van der Waals surface area contributed by atoms with Crippen LogP contribution in [-0.2, 0) is 0 Å². The Kier molecular flexibility index (Phi) is 4.49. The molecule has 0 amide bonds. The number of hydrogen-bond donors (Lipinski definition) is 1. The molecule has 3 rings (SSSR count). The van der Waals surface area contributed by atoms with Gasteiger partial charge in [0.1, 0.15) is 5.82 Å². The molecule has 1 fully saturated rings. The second-order valence-corrected chi connectivity index (χ2v) is 6.64. The Bertz CT molecular complexity index is 609. The fraction of sp³-hybridized carbons (Fsp3) is 0.583. The average Bonchev–Trinajstić information content (AvgIpc) is 3.11. The van der Waals surface area contributed by atoms with Crippen molar-refractivity contribution in [3.8, 4) is 0 Å². The van der Waals surface area contributed by atoms with E-state index in [1.807, 2.05) is 13.8 Å². The molecule has 0 bridgehead atoms. The summed E-state index contributed by atoms with van der Waals surface area (Å²) in [5.41, 5.74) is 0. The normalized spacial score (nSPS) is 14.7. The van der Waals surface area contributed by atoms with Gasteiger partial charge in [0.2, 0.25) is 17.1 Å². The van der Waals surface area contributed by atoms with Crippen LogP contribution >= 0.6 is 23.3 Å². The van der Waals surface area contributed by atoms with E-state index in [2.05, 4.69) is 34.5 Å². The highest BCUT2D eigenvalue weighted by Gasteiger charge is 2.18. The summed E-state index contributed by atoms with van der Waals surface area (Å²) < 4.78 is 5.04. The molecule has 112 valence electrons. The molecule has 3 heterocycles. The summed E-state index contributed by atoms with van der Waals surface area (Å²) in [4.78, 5) is 20.1. The lowest BCUT2D eigenvalue weighted by molar-refractivity contribution is 0.826. The van der Waals surface area contributed by atoms with Crippen molar-refractivity contribution in [1.82, 2.24) is 24.3 Å². The molecule has 0 aromatic carbocycles. The molecular formula is C12H17N7S2. The summed E-state index contributed by atoms with van der Waals surface area (Å²) in [6, 6.07) is 0. The second kappa shape index (κ2) is 6.52. The van der Waals surface area contributed by atoms with E-state index in [0.717, 1.165) is 35.7 Å². The van der Waals surface area contributed by atoms with Crippen molar-refractivity contribution in [2.24, 2.45) is 0 Å². The Hall–Kier alpha value is -1.48. The highest BCUT2D eigenvalue weighted by Crippen LogP contribution is 2.28. The standard InChI is InChI=1S/C12H17N7S2/c1-3-13-9-15-10(19-6-4-5-7-19)17-11(16-9)20-12-14-8(2)18-21-12/h3-7H2,1-2H3,(H,13,15,16,17). The largest absolute Gasteiger partial charge is 0.354 e. The Labute approximate surface area is 131 Å². The highest BCUT2D eigenvalue weighted by molar-refractivity contribution is 8.00. The van der Waals surface area contributed by atoms with Gasteiger partial charge in [-0.15, -0.1) is 0 Å². The third-order valence-corrected chi connectivity index (χ3v) is 4.72. The van der Waals surface area contributed by atoms with Gasteiger partial charge in [-0.05, 0) is 50.0 Å². The summed E-state index contributed by atoms with van der Waals surface area (Å²) in [6.07, 6.45) is 2.39. The molecule has 0 radical (unpaired) electrons. The lowest BCUT2D eigenvalue weighted by atomic mass is 10.4. The van der Waals surface area contributed by atoms with Crippen LogP contribution in [0.4, 0.5) is 11.9 Å². The molecule has 0 saturated carbocycles. The second-order valence-electron chi connectivity index (χ2n) is 4.68. The smallest absolute Gasteiger partial charge is 0.231 e. The van der Waals surface area contributed by atoms with Crippen LogP contribution in [0.25, 0.3) is 0 Å². The average molecular weight is 323 g/mol. The Morgan fingerprint density at radius 3 is 2.67 bits per heavy atom. The van der Waals surface area contributed by atoms with E-state index >= 15 is 0 Å². The Morgan fingerprint density at radius 2 is 2.00 bits per heavy atom. The third kappa shape index (κ3) is 3.59. The van der Waals surface area contributed by atoms with Gasteiger partial charge in [0.05, 0.1) is 0 Å². The van der Waals surface area contributed by atoms with Crippen molar-refractivity contribution in [3.05, 3.63) is 5.82 Å². The Morgan fingerprint density at radius 1 is 1.19 bits per heavy atom. The molecule has 1 aliphatic heterocycles. The van der Waals surface area contributed by atoms with Gasteiger partial charge in [-0.3, -0.25) is 0 Å². The minimum absolute atomic E-state index is 0.623. The first-order valence-electron chi connectivity index (χ1n) is 6.97. The number of aryl methyl sites for hydroxylation is 1. The van der Waals surface area contributed by atoms with Gasteiger partial charge >= 0.3 is 0 Å². The maximum atomic E-state index is 4.57. The van der Waals surface area contributed by atoms with Crippen LogP contribution < -0.4 is 10.2 Å². The number of nitrogens with zero attached hydrogens (tertiary/aromatic N) is 6. The van der Waals surface area contributed by atoms with Crippen molar-refractivity contribution in [3.63, 3.8) is 0 Å². The summed E-state index contributed by atoms with van der Waals surface area (Å²) in [6.45, 7) is 6.72. The monoisotopic (exact) mass is 323 g/mol. The molecule has 2 aromatic heterocycles. The first kappa shape index (κ1) is 14.5. The first-order chi connectivity index (χ1) is 10.2. The number of aromatic nitrogens is 5. The van der Waals surface area contributed by atoms with E-state index in [1.54, 1.807) is 0 Å². The minimum atomic E-state index is 0.623. The van der Waals surface area contributed by atoms with Crippen LogP contribution in [0.15, 0.2) is 9.50 Å². The number of rotatable bonds is 5. The van der Waals surface area contributed by atoms with Crippen LogP contribution in [0.1, 0.15) is 25.6 Å². The van der Waals surface area contributed by atoms with Crippen LogP contribution in [0.2, 0.25) is 0 Å². The van der Waals surface area contributed by atoms with Crippen molar-refractivity contribution in [2.75, 3.05) is 29.9 Å². The van der Waals surface area contributed by atoms with Crippen molar-refractivity contribution >= 4 is 35.2 Å². The third-order valence-electron chi connectivity index (χ3n) is 3.01. The van der Waals surface area contributed by atoms with E-state index in [9.17, 15) is 0 Å². The molecule has 0 atom stereocenters. The van der Waals surface area contributed by atoms with E-state index in [0.29, 0.717) is 11.1 Å². The predicted octanol–water partition coefficient (Wildman–Crippen LogP) is 2.21. The van der Waals surface area contributed by atoms with Gasteiger partial charge < -0.3 is 10.2 Å². The molecule has 0 unspecified atom stereocenters. The van der Waals surface area contributed by atoms with Crippen molar-refractivity contribution in [1.29, 1.82) is 0 Å². The van der Waals surface area contributed by atoms with E-state index in [-0.39, 0.29) is 0 Å². The lowest BCUT2D eigenvalue weighted by Gasteiger charge is -2.16. The molecule has 2 aromatic rings. The molecule has 9 heteroatoms. The van der Waals surface area contributed by atoms with Gasteiger partial charge in [-0.25, -0.2) is 4.98 Å². The topological polar surface area (TPSA) is 79.7 Å². The van der Waals surface area contributed by atoms with Crippen LogP contribution in [-0.4, -0.2) is 43.9 Å². The molecule has 1 saturated heterocycles. The zero-order valence-electron chi connectivity index (χ0n) is 12.0. The summed E-state index contributed by atoms with van der Waals surface area (Å²) in [5.74, 6) is 2.16. The lowest BCUT2D eigenvalue weighted by Crippen LogP contribution is -2.21. The molecule has 1 N–H and O–H groups in total. The summed E-state index contributed by atoms with van der Waals surface area (Å²) in [5, 5.41) is 3.83. The molecule has 21 heavy (non-hydrogen) atoms. The fourth-order valence-electron chi connectivity index (χ4n) is 2.08. The minimum Gasteiger partial charge on any atom is -0.354 e. The molecular weight excluding hydrogens is 306 g/mol. The van der Waals surface area contributed by atoms with Gasteiger partial charge in [0, 0.05) is 19.6 Å². The molecule has 0 aliphatic carbocycles. The summed E-state index contributed by atoms with van der Waals surface area (Å²) in [7, 11) is 0. The van der Waals surface area contributed by atoms with Crippen LogP contribution in [0.3, 0.4) is 0 Å². The highest BCUT2D eigenvalue weighted by atomic mass is 32.2. The number of hydrogen-bond acceptors (Lipinski definition) is 9. The van der Waals surface area contributed by atoms with E-state index < -0.39 is 0 Å². The van der Waals surface area contributed by atoms with E-state index in [1.165, 1.54) is 36.1 Å². The predicted molar refractivity (Wildman–Crippen MR) is 84.2 cm³/mol. The SMILES string of the molecule is CCNc1nc(Sc2nc(C)ns2)nc(N2CCCC2)n1. The van der Waals surface area contributed by atoms with Gasteiger partial charge in [0.15, 0.2) is 4.34 Å². The first-order valence-corrected chi connectivity index (χ1v) is 8.56. The zero-order valence-corrected chi connectivity index (χ0v) is 13.7. The fourth-order valence-corrected chi connectivity index (χ4v) is 3.59. The van der Waals surface area contributed by atoms with Crippen molar-refractivity contribution in [2.45, 2.75) is 36.2 Å². The van der Waals surface area contributed by atoms with E-state index in [4.69, 9.17) is 0 Å². The van der Waals surface area contributed by atoms with Crippen LogP contribution in [0.5, 0.6) is 0 Å². The van der Waals surface area contributed by atoms with Gasteiger partial charge in [-0.1, -0.05) is 0 Å². The molecule has 1 aliphatic rings. The van der Waals surface area contributed by atoms with Gasteiger partial charge in [-0.2, -0.15) is 19.3 Å². The maximum absolute atomic E-state index is 4.57. The number of anilines is 2. The number of nitrogens with one attached hydrogen (secondary N) is 1. The zero-order chi connectivity index (χ0) is 14.7. The quantitative estimate of drug-likeness (QED) is 0.897. The summed E-state index contributed by atoms with van der Waals surface area (Å²) >= 11 is 2.81. The van der Waals surface area contributed by atoms with Crippen molar-refractivity contribution < 1.29 is 0 Å². The molecule has 7 nitrogen and oxygen atoms in total.